The van der Waals surface area contributed by atoms with E-state index in [1.165, 1.54) is 17.4 Å². The van der Waals surface area contributed by atoms with Crippen LogP contribution in [0.1, 0.15) is 22.3 Å². The molecule has 1 N–H and O–H groups in total. The fourth-order valence-electron chi connectivity index (χ4n) is 3.04. The standard InChI is InChI=1S/C23H20N4O3S2/c1-3-32(29,30)20-13-12-19(26-27-20)17-10-7-11-18(14-17)25-22(28)21-15(2)24-23(31-21)16-8-5-4-6-9-16/h4-14H,3H2,1-2H3,(H,25,28). The van der Waals surface area contributed by atoms with Crippen LogP contribution < -0.4 is 5.32 Å². The van der Waals surface area contributed by atoms with Gasteiger partial charge in [0.2, 0.25) is 0 Å². The maximum Gasteiger partial charge on any atom is 0.267 e. The number of carbonyl (C=O) groups excluding carboxylic acids is 1. The molecule has 7 nitrogen and oxygen atoms in total. The van der Waals surface area contributed by atoms with E-state index in [1.54, 1.807) is 31.2 Å². The summed E-state index contributed by atoms with van der Waals surface area (Å²) in [6, 6.07) is 19.9. The third kappa shape index (κ3) is 4.58. The summed E-state index contributed by atoms with van der Waals surface area (Å²) in [5, 5.41) is 11.5. The molecule has 2 aromatic heterocycles. The lowest BCUT2D eigenvalue weighted by molar-refractivity contribution is 0.103. The molecule has 0 atom stereocenters. The number of hydrogen-bond donors (Lipinski definition) is 1. The number of aryl methyl sites for hydroxylation is 1. The molecule has 0 fully saturated rings. The van der Waals surface area contributed by atoms with E-state index in [-0.39, 0.29) is 16.7 Å². The van der Waals surface area contributed by atoms with Crippen molar-refractivity contribution in [2.45, 2.75) is 18.9 Å². The van der Waals surface area contributed by atoms with E-state index in [4.69, 9.17) is 0 Å². The third-order valence-electron chi connectivity index (χ3n) is 4.78. The normalized spacial score (nSPS) is 11.3. The van der Waals surface area contributed by atoms with Gasteiger partial charge in [0, 0.05) is 16.8 Å². The van der Waals surface area contributed by atoms with Gasteiger partial charge in [0.15, 0.2) is 14.9 Å². The molecular formula is C23H20N4O3S2. The SMILES string of the molecule is CCS(=O)(=O)c1ccc(-c2cccc(NC(=O)c3sc(-c4ccccc4)nc3C)c2)nn1. The van der Waals surface area contributed by atoms with Crippen LogP contribution in [0.5, 0.6) is 0 Å². The average molecular weight is 465 g/mol. The number of sulfone groups is 1. The lowest BCUT2D eigenvalue weighted by Gasteiger charge is -2.07. The number of anilines is 1. The molecule has 162 valence electrons. The minimum absolute atomic E-state index is 0.0362. The molecule has 2 heterocycles. The van der Waals surface area contributed by atoms with Crippen LogP contribution in [0, 0.1) is 6.92 Å². The molecule has 0 spiro atoms. The van der Waals surface area contributed by atoms with Gasteiger partial charge < -0.3 is 5.32 Å². The van der Waals surface area contributed by atoms with E-state index in [0.29, 0.717) is 27.5 Å². The zero-order valence-electron chi connectivity index (χ0n) is 17.4. The number of benzene rings is 2. The Labute approximate surface area is 190 Å². The summed E-state index contributed by atoms with van der Waals surface area (Å²) in [7, 11) is -3.41. The summed E-state index contributed by atoms with van der Waals surface area (Å²) in [5.41, 5.74) is 3.45. The number of hydrogen-bond acceptors (Lipinski definition) is 7. The highest BCUT2D eigenvalue weighted by Gasteiger charge is 2.17. The summed E-state index contributed by atoms with van der Waals surface area (Å²) in [5.74, 6) is -0.277. The molecule has 1 amide bonds. The van der Waals surface area contributed by atoms with Crippen LogP contribution in [0.25, 0.3) is 21.8 Å². The van der Waals surface area contributed by atoms with E-state index in [9.17, 15) is 13.2 Å². The van der Waals surface area contributed by atoms with Gasteiger partial charge in [-0.05, 0) is 31.2 Å². The van der Waals surface area contributed by atoms with Crippen molar-refractivity contribution in [1.29, 1.82) is 0 Å². The summed E-state index contributed by atoms with van der Waals surface area (Å²) in [4.78, 5) is 18.0. The Hall–Kier alpha value is -3.43. The number of nitrogens with one attached hydrogen (secondary N) is 1. The number of thiazole rings is 1. The van der Waals surface area contributed by atoms with Crippen molar-refractivity contribution in [2.75, 3.05) is 11.1 Å². The molecule has 0 saturated heterocycles. The van der Waals surface area contributed by atoms with E-state index in [1.807, 2.05) is 43.3 Å². The molecule has 0 saturated carbocycles. The lowest BCUT2D eigenvalue weighted by atomic mass is 10.1. The minimum atomic E-state index is -3.41. The number of aromatic nitrogens is 3. The predicted octanol–water partition coefficient (Wildman–Crippen LogP) is 4.62. The highest BCUT2D eigenvalue weighted by atomic mass is 32.2. The fraction of sp³-hybridized carbons (Fsp3) is 0.130. The first-order valence-corrected chi connectivity index (χ1v) is 12.4. The number of nitrogens with zero attached hydrogens (tertiary/aromatic N) is 3. The Morgan fingerprint density at radius 1 is 0.969 bits per heavy atom. The van der Waals surface area contributed by atoms with Gasteiger partial charge in [-0.2, -0.15) is 0 Å². The van der Waals surface area contributed by atoms with Crippen molar-refractivity contribution < 1.29 is 13.2 Å². The van der Waals surface area contributed by atoms with Crippen molar-refractivity contribution in [2.24, 2.45) is 0 Å². The Bertz CT molecular complexity index is 1370. The van der Waals surface area contributed by atoms with Gasteiger partial charge in [0.1, 0.15) is 9.88 Å². The molecule has 0 aliphatic carbocycles. The first-order valence-electron chi connectivity index (χ1n) is 9.88. The highest BCUT2D eigenvalue weighted by Crippen LogP contribution is 2.29. The van der Waals surface area contributed by atoms with Gasteiger partial charge in [0.25, 0.3) is 5.91 Å². The van der Waals surface area contributed by atoms with Crippen LogP contribution in [0.2, 0.25) is 0 Å². The van der Waals surface area contributed by atoms with Crippen LogP contribution >= 0.6 is 11.3 Å². The summed E-state index contributed by atoms with van der Waals surface area (Å²) >= 11 is 1.34. The van der Waals surface area contributed by atoms with Crippen LogP contribution in [0.4, 0.5) is 5.69 Å². The maximum atomic E-state index is 12.9. The molecule has 0 aliphatic heterocycles. The summed E-state index contributed by atoms with van der Waals surface area (Å²) in [6.45, 7) is 3.38. The first-order chi connectivity index (χ1) is 15.4. The summed E-state index contributed by atoms with van der Waals surface area (Å²) in [6.07, 6.45) is 0. The van der Waals surface area contributed by atoms with E-state index < -0.39 is 9.84 Å². The van der Waals surface area contributed by atoms with Crippen LogP contribution in [-0.4, -0.2) is 35.3 Å². The van der Waals surface area contributed by atoms with E-state index >= 15 is 0 Å². The number of rotatable bonds is 6. The lowest BCUT2D eigenvalue weighted by Crippen LogP contribution is -2.11. The molecule has 32 heavy (non-hydrogen) atoms. The first kappa shape index (κ1) is 21.8. The molecule has 0 aliphatic rings. The second-order valence-corrected chi connectivity index (χ2v) is 10.2. The molecule has 2 aromatic carbocycles. The highest BCUT2D eigenvalue weighted by molar-refractivity contribution is 7.91. The van der Waals surface area contributed by atoms with Gasteiger partial charge in [0.05, 0.1) is 17.1 Å². The van der Waals surface area contributed by atoms with Crippen molar-refractivity contribution in [1.82, 2.24) is 15.2 Å². The van der Waals surface area contributed by atoms with E-state index in [2.05, 4.69) is 20.5 Å². The zero-order valence-corrected chi connectivity index (χ0v) is 19.1. The molecule has 9 heteroatoms. The van der Waals surface area contributed by atoms with Gasteiger partial charge in [-0.3, -0.25) is 4.79 Å². The van der Waals surface area contributed by atoms with Crippen molar-refractivity contribution >= 4 is 32.8 Å². The Balaban J connectivity index is 1.55. The minimum Gasteiger partial charge on any atom is -0.321 e. The van der Waals surface area contributed by atoms with Gasteiger partial charge in [-0.15, -0.1) is 21.5 Å². The molecule has 0 bridgehead atoms. The zero-order chi connectivity index (χ0) is 22.7. The monoisotopic (exact) mass is 464 g/mol. The Morgan fingerprint density at radius 2 is 1.72 bits per heavy atom. The van der Waals surface area contributed by atoms with Gasteiger partial charge >= 0.3 is 0 Å². The van der Waals surface area contributed by atoms with Crippen molar-refractivity contribution in [3.8, 4) is 21.8 Å². The molecule has 4 rings (SSSR count). The fourth-order valence-corrected chi connectivity index (χ4v) is 4.75. The molecule has 4 aromatic rings. The number of carbonyl (C=O) groups is 1. The van der Waals surface area contributed by atoms with Gasteiger partial charge in [-0.1, -0.05) is 49.4 Å². The van der Waals surface area contributed by atoms with Gasteiger partial charge in [-0.25, -0.2) is 13.4 Å². The number of amides is 1. The maximum absolute atomic E-state index is 12.9. The van der Waals surface area contributed by atoms with Crippen LogP contribution in [0.3, 0.4) is 0 Å². The molecule has 0 radical (unpaired) electrons. The second-order valence-electron chi connectivity index (χ2n) is 6.99. The van der Waals surface area contributed by atoms with Crippen LogP contribution in [0.15, 0.2) is 71.8 Å². The second kappa shape index (κ2) is 8.97. The molecular weight excluding hydrogens is 444 g/mol. The summed E-state index contributed by atoms with van der Waals surface area (Å²) < 4.78 is 23.8. The topological polar surface area (TPSA) is 102 Å². The van der Waals surface area contributed by atoms with Crippen molar-refractivity contribution in [3.05, 3.63) is 77.3 Å². The largest absolute Gasteiger partial charge is 0.321 e. The average Bonchev–Trinajstić information content (AvgIpc) is 3.22. The van der Waals surface area contributed by atoms with Crippen molar-refractivity contribution in [3.63, 3.8) is 0 Å². The smallest absolute Gasteiger partial charge is 0.267 e. The Kier molecular flexibility index (Phi) is 6.11. The quantitative estimate of drug-likeness (QED) is 0.447. The van der Waals surface area contributed by atoms with Crippen LogP contribution in [-0.2, 0) is 9.84 Å². The molecule has 0 unspecified atom stereocenters. The Morgan fingerprint density at radius 3 is 2.41 bits per heavy atom. The predicted molar refractivity (Wildman–Crippen MR) is 125 cm³/mol. The van der Waals surface area contributed by atoms with E-state index in [0.717, 1.165) is 10.6 Å². The third-order valence-corrected chi connectivity index (χ3v) is 7.60.